The van der Waals surface area contributed by atoms with Crippen molar-refractivity contribution >= 4 is 5.91 Å². The Balaban J connectivity index is 1.88. The van der Waals surface area contributed by atoms with Gasteiger partial charge >= 0.3 is 0 Å². The maximum absolute atomic E-state index is 12.4. The van der Waals surface area contributed by atoms with Crippen molar-refractivity contribution in [3.63, 3.8) is 0 Å². The Morgan fingerprint density at radius 2 is 2.24 bits per heavy atom. The molecule has 0 unspecified atom stereocenters. The van der Waals surface area contributed by atoms with E-state index < -0.39 is 0 Å². The lowest BCUT2D eigenvalue weighted by molar-refractivity contribution is -0.132. The lowest BCUT2D eigenvalue weighted by atomic mass is 9.95. The SMILES string of the molecule is Cc1n[nH]c(C)c1[C@@H](C)CC(=O)N(C)C[C@H]1CCCCO1. The zero-order valence-corrected chi connectivity index (χ0v) is 13.6. The van der Waals surface area contributed by atoms with E-state index in [-0.39, 0.29) is 17.9 Å². The number of nitrogens with zero attached hydrogens (tertiary/aromatic N) is 2. The van der Waals surface area contributed by atoms with Gasteiger partial charge < -0.3 is 9.64 Å². The summed E-state index contributed by atoms with van der Waals surface area (Å²) < 4.78 is 5.71. The molecule has 5 heteroatoms. The molecule has 0 spiro atoms. The van der Waals surface area contributed by atoms with E-state index in [1.54, 1.807) is 0 Å². The number of likely N-dealkylation sites (N-methyl/N-ethyl adjacent to an activating group) is 1. The van der Waals surface area contributed by atoms with Gasteiger partial charge in [-0.25, -0.2) is 0 Å². The fourth-order valence-electron chi connectivity index (χ4n) is 3.16. The fraction of sp³-hybridized carbons (Fsp3) is 0.750. The minimum atomic E-state index is 0.177. The minimum Gasteiger partial charge on any atom is -0.376 e. The number of hydrogen-bond donors (Lipinski definition) is 1. The Kier molecular flexibility index (Phi) is 5.39. The number of carbonyl (C=O) groups excluding carboxylic acids is 1. The molecule has 1 aromatic heterocycles. The van der Waals surface area contributed by atoms with Gasteiger partial charge in [-0.05, 0) is 44.6 Å². The molecule has 21 heavy (non-hydrogen) atoms. The Morgan fingerprint density at radius 1 is 1.48 bits per heavy atom. The molecule has 118 valence electrons. The van der Waals surface area contributed by atoms with Crippen molar-refractivity contribution in [2.75, 3.05) is 20.2 Å². The zero-order valence-electron chi connectivity index (χ0n) is 13.6. The largest absolute Gasteiger partial charge is 0.376 e. The lowest BCUT2D eigenvalue weighted by Gasteiger charge is -2.28. The van der Waals surface area contributed by atoms with Crippen LogP contribution in [0.2, 0.25) is 0 Å². The van der Waals surface area contributed by atoms with Gasteiger partial charge in [-0.2, -0.15) is 5.10 Å². The van der Waals surface area contributed by atoms with Crippen LogP contribution >= 0.6 is 0 Å². The molecule has 0 radical (unpaired) electrons. The maximum atomic E-state index is 12.4. The van der Waals surface area contributed by atoms with E-state index in [1.165, 1.54) is 12.0 Å². The Labute approximate surface area is 127 Å². The summed E-state index contributed by atoms with van der Waals surface area (Å²) in [7, 11) is 1.88. The van der Waals surface area contributed by atoms with Crippen LogP contribution in [0.25, 0.3) is 0 Å². The van der Waals surface area contributed by atoms with E-state index in [9.17, 15) is 4.79 Å². The summed E-state index contributed by atoms with van der Waals surface area (Å²) in [6.45, 7) is 7.62. The molecule has 2 atom stereocenters. The average Bonchev–Trinajstić information content (AvgIpc) is 2.79. The van der Waals surface area contributed by atoms with E-state index in [4.69, 9.17) is 4.74 Å². The van der Waals surface area contributed by atoms with Gasteiger partial charge in [-0.1, -0.05) is 6.92 Å². The van der Waals surface area contributed by atoms with E-state index in [2.05, 4.69) is 17.1 Å². The number of ether oxygens (including phenoxy) is 1. The van der Waals surface area contributed by atoms with Crippen LogP contribution in [0, 0.1) is 13.8 Å². The van der Waals surface area contributed by atoms with Crippen LogP contribution in [0.4, 0.5) is 0 Å². The normalized spacial score (nSPS) is 20.3. The van der Waals surface area contributed by atoms with Crippen molar-refractivity contribution in [3.8, 4) is 0 Å². The van der Waals surface area contributed by atoms with Gasteiger partial charge in [0.1, 0.15) is 0 Å². The Bertz CT molecular complexity index is 458. The molecule has 0 saturated carbocycles. The zero-order chi connectivity index (χ0) is 15.4. The van der Waals surface area contributed by atoms with Gasteiger partial charge in [0.25, 0.3) is 0 Å². The van der Waals surface area contributed by atoms with Crippen LogP contribution in [0.5, 0.6) is 0 Å². The summed E-state index contributed by atoms with van der Waals surface area (Å²) >= 11 is 0. The number of aryl methyl sites for hydroxylation is 2. The molecule has 1 saturated heterocycles. The number of aromatic nitrogens is 2. The van der Waals surface area contributed by atoms with Crippen LogP contribution in [-0.4, -0.2) is 47.3 Å². The van der Waals surface area contributed by atoms with Crippen LogP contribution in [0.1, 0.15) is 55.5 Å². The average molecular weight is 293 g/mol. The van der Waals surface area contributed by atoms with Crippen molar-refractivity contribution < 1.29 is 9.53 Å². The molecular weight excluding hydrogens is 266 g/mol. The summed E-state index contributed by atoms with van der Waals surface area (Å²) in [5.74, 6) is 0.364. The summed E-state index contributed by atoms with van der Waals surface area (Å²) in [4.78, 5) is 14.2. The highest BCUT2D eigenvalue weighted by Gasteiger charge is 2.22. The lowest BCUT2D eigenvalue weighted by Crippen LogP contribution is -2.37. The van der Waals surface area contributed by atoms with Crippen molar-refractivity contribution in [2.45, 2.75) is 58.5 Å². The predicted molar refractivity (Wildman–Crippen MR) is 82.3 cm³/mol. The first-order valence-electron chi connectivity index (χ1n) is 7.86. The van der Waals surface area contributed by atoms with Gasteiger partial charge in [0.2, 0.25) is 5.91 Å². The molecule has 1 aliphatic heterocycles. The number of hydrogen-bond acceptors (Lipinski definition) is 3. The highest BCUT2D eigenvalue weighted by atomic mass is 16.5. The van der Waals surface area contributed by atoms with E-state index in [0.29, 0.717) is 13.0 Å². The van der Waals surface area contributed by atoms with Crippen LogP contribution in [0.3, 0.4) is 0 Å². The van der Waals surface area contributed by atoms with Gasteiger partial charge in [0, 0.05) is 32.3 Å². The van der Waals surface area contributed by atoms with Gasteiger partial charge in [0.05, 0.1) is 11.8 Å². The smallest absolute Gasteiger partial charge is 0.223 e. The maximum Gasteiger partial charge on any atom is 0.223 e. The molecule has 5 nitrogen and oxygen atoms in total. The summed E-state index contributed by atoms with van der Waals surface area (Å²) in [5.41, 5.74) is 3.22. The molecule has 1 N–H and O–H groups in total. The number of carbonyl (C=O) groups is 1. The third-order valence-electron chi connectivity index (χ3n) is 4.34. The molecule has 1 aromatic rings. The first kappa shape index (κ1) is 16.0. The van der Waals surface area contributed by atoms with E-state index in [0.717, 1.165) is 30.8 Å². The molecule has 0 aromatic carbocycles. The van der Waals surface area contributed by atoms with Crippen molar-refractivity contribution in [1.29, 1.82) is 0 Å². The fourth-order valence-corrected chi connectivity index (χ4v) is 3.16. The first-order chi connectivity index (χ1) is 9.99. The molecule has 0 bridgehead atoms. The predicted octanol–water partition coefficient (Wildman–Crippen LogP) is 2.55. The monoisotopic (exact) mass is 293 g/mol. The number of aromatic amines is 1. The van der Waals surface area contributed by atoms with Crippen molar-refractivity contribution in [2.24, 2.45) is 0 Å². The highest BCUT2D eigenvalue weighted by Crippen LogP contribution is 2.25. The quantitative estimate of drug-likeness (QED) is 0.907. The van der Waals surface area contributed by atoms with Crippen LogP contribution in [-0.2, 0) is 9.53 Å². The summed E-state index contributed by atoms with van der Waals surface area (Å²) in [5, 5.41) is 7.20. The third kappa shape index (κ3) is 4.06. The Morgan fingerprint density at radius 3 is 2.81 bits per heavy atom. The number of nitrogens with one attached hydrogen (secondary N) is 1. The molecule has 0 aliphatic carbocycles. The third-order valence-corrected chi connectivity index (χ3v) is 4.34. The second-order valence-corrected chi connectivity index (χ2v) is 6.22. The van der Waals surface area contributed by atoms with Crippen molar-refractivity contribution in [3.05, 3.63) is 17.0 Å². The van der Waals surface area contributed by atoms with Gasteiger partial charge in [0.15, 0.2) is 0 Å². The van der Waals surface area contributed by atoms with Crippen LogP contribution < -0.4 is 0 Å². The van der Waals surface area contributed by atoms with Crippen LogP contribution in [0.15, 0.2) is 0 Å². The van der Waals surface area contributed by atoms with Crippen molar-refractivity contribution in [1.82, 2.24) is 15.1 Å². The standard InChI is InChI=1S/C16H27N3O2/c1-11(16-12(2)17-18-13(16)3)9-15(20)19(4)10-14-7-5-6-8-21-14/h11,14H,5-10H2,1-4H3,(H,17,18)/t11-,14+/m0/s1. The topological polar surface area (TPSA) is 58.2 Å². The number of H-pyrrole nitrogens is 1. The second kappa shape index (κ2) is 7.07. The second-order valence-electron chi connectivity index (χ2n) is 6.22. The number of amides is 1. The molecular formula is C16H27N3O2. The molecule has 2 heterocycles. The molecule has 1 fully saturated rings. The Hall–Kier alpha value is -1.36. The summed E-state index contributed by atoms with van der Waals surface area (Å²) in [6, 6.07) is 0. The molecule has 1 amide bonds. The minimum absolute atomic E-state index is 0.177. The molecule has 1 aliphatic rings. The van der Waals surface area contributed by atoms with Gasteiger partial charge in [-0.15, -0.1) is 0 Å². The highest BCUT2D eigenvalue weighted by molar-refractivity contribution is 5.77. The van der Waals surface area contributed by atoms with Gasteiger partial charge in [-0.3, -0.25) is 9.89 Å². The van der Waals surface area contributed by atoms with E-state index in [1.807, 2.05) is 25.8 Å². The summed E-state index contributed by atoms with van der Waals surface area (Å²) in [6.07, 6.45) is 4.14. The first-order valence-corrected chi connectivity index (χ1v) is 7.86. The van der Waals surface area contributed by atoms with E-state index >= 15 is 0 Å². The number of rotatable bonds is 5. The molecule has 2 rings (SSSR count).